The molecule has 0 aromatic heterocycles. The van der Waals surface area contributed by atoms with E-state index in [-0.39, 0.29) is 30.1 Å². The van der Waals surface area contributed by atoms with Crippen LogP contribution in [-0.4, -0.2) is 56.9 Å². The number of halogens is 1. The zero-order valence-corrected chi connectivity index (χ0v) is 21.6. The molecule has 0 heterocycles. The van der Waals surface area contributed by atoms with Gasteiger partial charge in [0.25, 0.3) is 0 Å². The molecule has 0 aliphatic heterocycles. The maximum absolute atomic E-state index is 12.1. The van der Waals surface area contributed by atoms with E-state index in [0.29, 0.717) is 13.1 Å². The summed E-state index contributed by atoms with van der Waals surface area (Å²) in [7, 11) is 5.25. The van der Waals surface area contributed by atoms with Gasteiger partial charge in [0.05, 0.1) is 0 Å². The van der Waals surface area contributed by atoms with E-state index in [2.05, 4.69) is 27.8 Å². The van der Waals surface area contributed by atoms with Crippen molar-refractivity contribution in [3.05, 3.63) is 35.4 Å². The monoisotopic (exact) mass is 534 g/mol. The first-order valence-electron chi connectivity index (χ1n) is 10.2. The van der Waals surface area contributed by atoms with E-state index >= 15 is 0 Å². The van der Waals surface area contributed by atoms with Gasteiger partial charge in [-0.2, -0.15) is 0 Å². The molecule has 0 unspecified atom stereocenters. The number of carbonyl (C=O) groups excluding carboxylic acids is 1. The minimum atomic E-state index is -0.489. The van der Waals surface area contributed by atoms with Crippen LogP contribution in [-0.2, 0) is 22.6 Å². The highest BCUT2D eigenvalue weighted by molar-refractivity contribution is 14.0. The van der Waals surface area contributed by atoms with Gasteiger partial charge in [-0.25, -0.2) is 4.79 Å². The Balaban J connectivity index is 0.00000841. The molecule has 0 bridgehead atoms. The lowest BCUT2D eigenvalue weighted by Crippen LogP contribution is -2.37. The quantitative estimate of drug-likeness (QED) is 0.204. The van der Waals surface area contributed by atoms with Crippen LogP contribution in [0, 0.1) is 0 Å². The fourth-order valence-electron chi connectivity index (χ4n) is 2.60. The molecule has 0 fully saturated rings. The van der Waals surface area contributed by atoms with E-state index in [0.717, 1.165) is 49.5 Å². The Labute approximate surface area is 199 Å². The molecule has 0 spiro atoms. The first kappa shape index (κ1) is 28.5. The van der Waals surface area contributed by atoms with Crippen LogP contribution in [0.5, 0.6) is 0 Å². The van der Waals surface area contributed by atoms with Crippen molar-refractivity contribution in [2.45, 2.75) is 58.7 Å². The van der Waals surface area contributed by atoms with E-state index in [9.17, 15) is 4.79 Å². The van der Waals surface area contributed by atoms with Gasteiger partial charge in [-0.15, -0.1) is 24.0 Å². The number of hydrogen-bond donors (Lipinski definition) is 2. The highest BCUT2D eigenvalue weighted by atomic mass is 127. The average Bonchev–Trinajstić information content (AvgIpc) is 2.66. The molecule has 1 amide bonds. The van der Waals surface area contributed by atoms with Gasteiger partial charge in [-0.1, -0.05) is 24.3 Å². The third-order valence-electron chi connectivity index (χ3n) is 4.15. The number of aliphatic imine (C=N–C) groups is 1. The van der Waals surface area contributed by atoms with Crippen molar-refractivity contribution >= 4 is 36.0 Å². The number of methoxy groups -OCH3 is 1. The van der Waals surface area contributed by atoms with Gasteiger partial charge in [-0.3, -0.25) is 4.99 Å². The SMILES string of the molecule is CN=C(NCCCCCOC)NCc1ccc(CN(C)C(=O)OC(C)(C)C)cc1.I. The number of amides is 1. The van der Waals surface area contributed by atoms with E-state index in [1.54, 1.807) is 26.1 Å². The van der Waals surface area contributed by atoms with Crippen LogP contribution >= 0.6 is 24.0 Å². The topological polar surface area (TPSA) is 75.2 Å². The van der Waals surface area contributed by atoms with Crippen LogP contribution in [0.2, 0.25) is 0 Å². The molecule has 2 N–H and O–H groups in total. The number of benzene rings is 1. The summed E-state index contributed by atoms with van der Waals surface area (Å²) < 4.78 is 10.4. The number of carbonyl (C=O) groups is 1. The van der Waals surface area contributed by atoms with E-state index in [1.165, 1.54) is 0 Å². The summed E-state index contributed by atoms with van der Waals surface area (Å²) in [6.45, 7) is 8.50. The molecule has 0 radical (unpaired) electrons. The van der Waals surface area contributed by atoms with E-state index < -0.39 is 5.60 Å². The van der Waals surface area contributed by atoms with Crippen molar-refractivity contribution in [3.63, 3.8) is 0 Å². The van der Waals surface area contributed by atoms with Crippen molar-refractivity contribution in [1.29, 1.82) is 0 Å². The van der Waals surface area contributed by atoms with Gasteiger partial charge in [0.15, 0.2) is 5.96 Å². The maximum atomic E-state index is 12.1. The second-order valence-electron chi connectivity index (χ2n) is 8.06. The lowest BCUT2D eigenvalue weighted by molar-refractivity contribution is 0.0285. The Bertz CT molecular complexity index is 630. The highest BCUT2D eigenvalue weighted by Gasteiger charge is 2.19. The molecule has 0 aliphatic rings. The largest absolute Gasteiger partial charge is 0.444 e. The minimum absolute atomic E-state index is 0. The summed E-state index contributed by atoms with van der Waals surface area (Å²) in [5.74, 6) is 0.797. The molecular weight excluding hydrogens is 495 g/mol. The number of ether oxygens (including phenoxy) is 2. The zero-order valence-electron chi connectivity index (χ0n) is 19.3. The van der Waals surface area contributed by atoms with E-state index in [1.807, 2.05) is 32.9 Å². The number of nitrogens with zero attached hydrogens (tertiary/aromatic N) is 2. The van der Waals surface area contributed by atoms with Crippen molar-refractivity contribution in [1.82, 2.24) is 15.5 Å². The summed E-state index contributed by atoms with van der Waals surface area (Å²) in [5, 5.41) is 6.65. The lowest BCUT2D eigenvalue weighted by Gasteiger charge is -2.24. The normalized spacial score (nSPS) is 11.5. The van der Waals surface area contributed by atoms with Crippen molar-refractivity contribution in [2.75, 3.05) is 34.4 Å². The van der Waals surface area contributed by atoms with Crippen molar-refractivity contribution in [3.8, 4) is 0 Å². The standard InChI is InChI=1S/C22H38N4O3.HI/c1-22(2,3)29-21(27)26(5)17-19-12-10-18(11-13-19)16-25-20(23-4)24-14-8-7-9-15-28-6;/h10-13H,7-9,14-17H2,1-6H3,(H2,23,24,25);1H. The highest BCUT2D eigenvalue weighted by Crippen LogP contribution is 2.12. The first-order valence-corrected chi connectivity index (χ1v) is 10.2. The summed E-state index contributed by atoms with van der Waals surface area (Å²) in [6.07, 6.45) is 2.99. The second kappa shape index (κ2) is 15.3. The third-order valence-corrected chi connectivity index (χ3v) is 4.15. The number of nitrogens with one attached hydrogen (secondary N) is 2. The Hall–Kier alpha value is -1.55. The molecule has 172 valence electrons. The zero-order chi connectivity index (χ0) is 21.7. The minimum Gasteiger partial charge on any atom is -0.444 e. The average molecular weight is 534 g/mol. The Morgan fingerprint density at radius 3 is 2.27 bits per heavy atom. The molecule has 0 saturated heterocycles. The van der Waals surface area contributed by atoms with Crippen molar-refractivity contribution in [2.24, 2.45) is 4.99 Å². The maximum Gasteiger partial charge on any atom is 0.410 e. The van der Waals surface area contributed by atoms with Crippen LogP contribution in [0.25, 0.3) is 0 Å². The molecule has 0 saturated carbocycles. The molecule has 1 aromatic rings. The summed E-state index contributed by atoms with van der Waals surface area (Å²) in [6, 6.07) is 8.18. The second-order valence-corrected chi connectivity index (χ2v) is 8.06. The van der Waals surface area contributed by atoms with E-state index in [4.69, 9.17) is 9.47 Å². The Morgan fingerprint density at radius 2 is 1.70 bits per heavy atom. The summed E-state index contributed by atoms with van der Waals surface area (Å²) in [4.78, 5) is 17.9. The smallest absolute Gasteiger partial charge is 0.410 e. The molecule has 1 aromatic carbocycles. The molecule has 0 aliphatic carbocycles. The summed E-state index contributed by atoms with van der Waals surface area (Å²) in [5.41, 5.74) is 1.72. The Morgan fingerprint density at radius 1 is 1.07 bits per heavy atom. The van der Waals surface area contributed by atoms with Gasteiger partial charge in [-0.05, 0) is 51.2 Å². The number of rotatable bonds is 10. The number of guanidine groups is 1. The lowest BCUT2D eigenvalue weighted by atomic mass is 10.1. The number of unbranched alkanes of at least 4 members (excludes halogenated alkanes) is 2. The first-order chi connectivity index (χ1) is 13.7. The molecule has 30 heavy (non-hydrogen) atoms. The number of hydrogen-bond acceptors (Lipinski definition) is 4. The Kier molecular flexibility index (Phi) is 14.5. The molecule has 7 nitrogen and oxygen atoms in total. The third kappa shape index (κ3) is 12.9. The van der Waals surface area contributed by atoms with Gasteiger partial charge in [0.1, 0.15) is 5.60 Å². The molecule has 8 heteroatoms. The fraction of sp³-hybridized carbons (Fsp3) is 0.636. The van der Waals surface area contributed by atoms with Crippen LogP contribution in [0.4, 0.5) is 4.79 Å². The van der Waals surface area contributed by atoms with Crippen molar-refractivity contribution < 1.29 is 14.3 Å². The van der Waals surface area contributed by atoms with Crippen LogP contribution < -0.4 is 10.6 Å². The molecule has 1 rings (SSSR count). The van der Waals surface area contributed by atoms with Crippen LogP contribution in [0.1, 0.15) is 51.2 Å². The van der Waals surface area contributed by atoms with Gasteiger partial charge in [0.2, 0.25) is 0 Å². The van der Waals surface area contributed by atoms with Crippen LogP contribution in [0.15, 0.2) is 29.3 Å². The fourth-order valence-corrected chi connectivity index (χ4v) is 2.60. The molecule has 0 atom stereocenters. The van der Waals surface area contributed by atoms with Crippen LogP contribution in [0.3, 0.4) is 0 Å². The predicted molar refractivity (Wildman–Crippen MR) is 133 cm³/mol. The molecular formula is C22H39IN4O3. The summed E-state index contributed by atoms with van der Waals surface area (Å²) >= 11 is 0. The van der Waals surface area contributed by atoms with Gasteiger partial charge < -0.3 is 25.0 Å². The van der Waals surface area contributed by atoms with Gasteiger partial charge in [0, 0.05) is 47.4 Å². The predicted octanol–water partition coefficient (Wildman–Crippen LogP) is 4.15. The van der Waals surface area contributed by atoms with Gasteiger partial charge >= 0.3 is 6.09 Å².